The van der Waals surface area contributed by atoms with Gasteiger partial charge in [0.1, 0.15) is 0 Å². The number of nitrogens with one attached hydrogen (secondary N) is 1. The molecule has 1 N–H and O–H groups in total. The molecule has 0 atom stereocenters. The molecule has 0 fully saturated rings. The highest BCUT2D eigenvalue weighted by molar-refractivity contribution is 6.33. The first kappa shape index (κ1) is 13.6. The molecule has 0 bridgehead atoms. The molecule has 3 rings (SSSR count). The van der Waals surface area contributed by atoms with Crippen molar-refractivity contribution in [3.8, 4) is 11.3 Å². The normalized spacial score (nSPS) is 10.6. The number of carbonyl (C=O) groups is 1. The number of hydrogen-bond donors (Lipinski definition) is 1. The average molecular weight is 297 g/mol. The highest BCUT2D eigenvalue weighted by atomic mass is 35.5. The van der Waals surface area contributed by atoms with Crippen molar-refractivity contribution in [1.82, 2.24) is 4.98 Å². The molecule has 4 heteroatoms. The zero-order valence-corrected chi connectivity index (χ0v) is 12.2. The van der Waals surface area contributed by atoms with Gasteiger partial charge in [0.15, 0.2) is 0 Å². The van der Waals surface area contributed by atoms with Gasteiger partial charge in [0.25, 0.3) is 0 Å². The van der Waals surface area contributed by atoms with Gasteiger partial charge < -0.3 is 5.32 Å². The van der Waals surface area contributed by atoms with Crippen LogP contribution in [-0.2, 0) is 4.79 Å². The summed E-state index contributed by atoms with van der Waals surface area (Å²) in [7, 11) is 0. The predicted molar refractivity (Wildman–Crippen MR) is 86.5 cm³/mol. The Morgan fingerprint density at radius 1 is 1.10 bits per heavy atom. The number of fused-ring (bicyclic) bond motifs is 1. The van der Waals surface area contributed by atoms with Crippen LogP contribution in [0.3, 0.4) is 0 Å². The summed E-state index contributed by atoms with van der Waals surface area (Å²) in [6, 6.07) is 17.3. The fraction of sp³-hybridized carbons (Fsp3) is 0.0588. The number of amides is 1. The fourth-order valence-corrected chi connectivity index (χ4v) is 2.49. The van der Waals surface area contributed by atoms with E-state index < -0.39 is 0 Å². The quantitative estimate of drug-likeness (QED) is 0.756. The smallest absolute Gasteiger partial charge is 0.221 e. The second kappa shape index (κ2) is 5.54. The highest BCUT2D eigenvalue weighted by Crippen LogP contribution is 2.30. The summed E-state index contributed by atoms with van der Waals surface area (Å²) in [5.41, 5.74) is 3.23. The average Bonchev–Trinajstić information content (AvgIpc) is 2.47. The first-order chi connectivity index (χ1) is 10.1. The SMILES string of the molecule is CC(=O)Nc1ccc2cc(Cl)c(-c3ccccc3)nc2c1. The van der Waals surface area contributed by atoms with E-state index in [2.05, 4.69) is 10.3 Å². The Kier molecular flexibility index (Phi) is 3.59. The van der Waals surface area contributed by atoms with Gasteiger partial charge in [0.2, 0.25) is 5.91 Å². The third-order valence-electron chi connectivity index (χ3n) is 3.14. The summed E-state index contributed by atoms with van der Waals surface area (Å²) in [5, 5.41) is 4.31. The number of nitrogens with zero attached hydrogens (tertiary/aromatic N) is 1. The molecule has 0 saturated heterocycles. The second-order valence-corrected chi connectivity index (χ2v) is 5.18. The lowest BCUT2D eigenvalue weighted by molar-refractivity contribution is -0.114. The number of pyridine rings is 1. The van der Waals surface area contributed by atoms with Crippen LogP contribution >= 0.6 is 11.6 Å². The maximum Gasteiger partial charge on any atom is 0.221 e. The molecule has 104 valence electrons. The molecule has 2 aromatic carbocycles. The Morgan fingerprint density at radius 3 is 2.57 bits per heavy atom. The Hall–Kier alpha value is -2.39. The molecule has 0 saturated carbocycles. The summed E-state index contributed by atoms with van der Waals surface area (Å²) in [6.45, 7) is 1.48. The van der Waals surface area contributed by atoms with Gasteiger partial charge in [-0.25, -0.2) is 4.98 Å². The van der Waals surface area contributed by atoms with E-state index in [1.807, 2.05) is 54.6 Å². The third kappa shape index (κ3) is 2.88. The number of benzene rings is 2. The fourth-order valence-electron chi connectivity index (χ4n) is 2.22. The lowest BCUT2D eigenvalue weighted by Gasteiger charge is -2.08. The van der Waals surface area contributed by atoms with Crippen LogP contribution in [0.15, 0.2) is 54.6 Å². The lowest BCUT2D eigenvalue weighted by atomic mass is 10.1. The van der Waals surface area contributed by atoms with Crippen LogP contribution in [0.5, 0.6) is 0 Å². The van der Waals surface area contributed by atoms with E-state index in [0.29, 0.717) is 5.02 Å². The van der Waals surface area contributed by atoms with Crippen LogP contribution < -0.4 is 5.32 Å². The van der Waals surface area contributed by atoms with E-state index >= 15 is 0 Å². The molecule has 1 amide bonds. The molecule has 3 aromatic rings. The van der Waals surface area contributed by atoms with Crippen molar-refractivity contribution in [2.75, 3.05) is 5.32 Å². The summed E-state index contributed by atoms with van der Waals surface area (Å²) >= 11 is 6.33. The van der Waals surface area contributed by atoms with Gasteiger partial charge in [-0.1, -0.05) is 48.0 Å². The van der Waals surface area contributed by atoms with Gasteiger partial charge >= 0.3 is 0 Å². The minimum Gasteiger partial charge on any atom is -0.326 e. The van der Waals surface area contributed by atoms with E-state index in [9.17, 15) is 4.79 Å². The molecule has 0 aliphatic carbocycles. The first-order valence-corrected chi connectivity index (χ1v) is 6.94. The van der Waals surface area contributed by atoms with Crippen molar-refractivity contribution in [3.63, 3.8) is 0 Å². The molecule has 1 aromatic heterocycles. The van der Waals surface area contributed by atoms with Crippen LogP contribution in [0.1, 0.15) is 6.92 Å². The van der Waals surface area contributed by atoms with E-state index in [1.165, 1.54) is 6.92 Å². The third-order valence-corrected chi connectivity index (χ3v) is 3.43. The zero-order valence-electron chi connectivity index (χ0n) is 11.4. The van der Waals surface area contributed by atoms with Gasteiger partial charge in [-0.2, -0.15) is 0 Å². The van der Waals surface area contributed by atoms with Gasteiger partial charge in [-0.15, -0.1) is 0 Å². The minimum atomic E-state index is -0.105. The number of rotatable bonds is 2. The first-order valence-electron chi connectivity index (χ1n) is 6.57. The molecule has 1 heterocycles. The van der Waals surface area contributed by atoms with Crippen LogP contribution in [0, 0.1) is 0 Å². The van der Waals surface area contributed by atoms with Crippen LogP contribution in [0.2, 0.25) is 5.02 Å². The van der Waals surface area contributed by atoms with E-state index in [4.69, 9.17) is 11.6 Å². The largest absolute Gasteiger partial charge is 0.326 e. The Balaban J connectivity index is 2.14. The van der Waals surface area contributed by atoms with Crippen molar-refractivity contribution in [2.24, 2.45) is 0 Å². The number of carbonyl (C=O) groups excluding carboxylic acids is 1. The van der Waals surface area contributed by atoms with Crippen molar-refractivity contribution < 1.29 is 4.79 Å². The summed E-state index contributed by atoms with van der Waals surface area (Å²) in [5.74, 6) is -0.105. The van der Waals surface area contributed by atoms with Crippen LogP contribution in [0.4, 0.5) is 5.69 Å². The monoisotopic (exact) mass is 296 g/mol. The van der Waals surface area contributed by atoms with Gasteiger partial charge in [-0.05, 0) is 18.2 Å². The number of aromatic nitrogens is 1. The number of halogens is 1. The zero-order chi connectivity index (χ0) is 14.8. The number of anilines is 1. The van der Waals surface area contributed by atoms with Crippen LogP contribution in [-0.4, -0.2) is 10.9 Å². The molecule has 3 nitrogen and oxygen atoms in total. The molecular weight excluding hydrogens is 284 g/mol. The maximum absolute atomic E-state index is 11.1. The van der Waals surface area contributed by atoms with Crippen molar-refractivity contribution in [2.45, 2.75) is 6.92 Å². The second-order valence-electron chi connectivity index (χ2n) is 4.77. The standard InChI is InChI=1S/C17H13ClN2O/c1-11(21)19-14-8-7-13-9-15(18)17(20-16(13)10-14)12-5-3-2-4-6-12/h2-10H,1H3,(H,19,21). The number of hydrogen-bond acceptors (Lipinski definition) is 2. The molecule has 0 radical (unpaired) electrons. The van der Waals surface area contributed by atoms with Crippen molar-refractivity contribution >= 4 is 34.1 Å². The van der Waals surface area contributed by atoms with E-state index in [0.717, 1.165) is 27.8 Å². The van der Waals surface area contributed by atoms with Gasteiger partial charge in [0, 0.05) is 23.6 Å². The molecule has 0 unspecified atom stereocenters. The Morgan fingerprint density at radius 2 is 1.86 bits per heavy atom. The molecule has 0 aliphatic rings. The van der Waals surface area contributed by atoms with Gasteiger partial charge in [-0.3, -0.25) is 4.79 Å². The predicted octanol–water partition coefficient (Wildman–Crippen LogP) is 4.51. The molecular formula is C17H13ClN2O. The highest BCUT2D eigenvalue weighted by Gasteiger charge is 2.08. The topological polar surface area (TPSA) is 42.0 Å². The van der Waals surface area contributed by atoms with Crippen LogP contribution in [0.25, 0.3) is 22.2 Å². The van der Waals surface area contributed by atoms with Crippen molar-refractivity contribution in [3.05, 3.63) is 59.6 Å². The Bertz CT molecular complexity index is 816. The summed E-state index contributed by atoms with van der Waals surface area (Å²) in [6.07, 6.45) is 0. The summed E-state index contributed by atoms with van der Waals surface area (Å²) < 4.78 is 0. The van der Waals surface area contributed by atoms with Gasteiger partial charge in [0.05, 0.1) is 16.2 Å². The molecule has 21 heavy (non-hydrogen) atoms. The molecule has 0 spiro atoms. The minimum absolute atomic E-state index is 0.105. The maximum atomic E-state index is 11.1. The van der Waals surface area contributed by atoms with E-state index in [-0.39, 0.29) is 5.91 Å². The lowest BCUT2D eigenvalue weighted by Crippen LogP contribution is -2.05. The summed E-state index contributed by atoms with van der Waals surface area (Å²) in [4.78, 5) is 15.8. The molecule has 0 aliphatic heterocycles. The van der Waals surface area contributed by atoms with Crippen molar-refractivity contribution in [1.29, 1.82) is 0 Å². The Labute approximate surface area is 127 Å². The van der Waals surface area contributed by atoms with E-state index in [1.54, 1.807) is 0 Å².